The maximum absolute atomic E-state index is 5.62. The fourth-order valence-electron chi connectivity index (χ4n) is 9.85. The molecule has 4 nitrogen and oxygen atoms in total. The second kappa shape index (κ2) is 12.6. The molecule has 57 heavy (non-hydrogen) atoms. The van der Waals surface area contributed by atoms with Crippen LogP contribution in [0, 0.1) is 0 Å². The van der Waals surface area contributed by atoms with Gasteiger partial charge in [0.25, 0.3) is 0 Å². The molecule has 8 aromatic carbocycles. The van der Waals surface area contributed by atoms with Crippen LogP contribution in [-0.4, -0.2) is 10.4 Å². The minimum atomic E-state index is -0.582. The maximum Gasteiger partial charge on any atom is 0.184 e. The van der Waals surface area contributed by atoms with Crippen molar-refractivity contribution in [1.82, 2.24) is 15.2 Å². The van der Waals surface area contributed by atoms with Crippen molar-refractivity contribution in [2.75, 3.05) is 0 Å². The summed E-state index contributed by atoms with van der Waals surface area (Å²) in [5.41, 5.74) is 11.6. The highest BCUT2D eigenvalue weighted by Crippen LogP contribution is 2.59. The van der Waals surface area contributed by atoms with Crippen LogP contribution in [0.15, 0.2) is 199 Å². The highest BCUT2D eigenvalue weighted by molar-refractivity contribution is 7.26. The Morgan fingerprint density at radius 2 is 1.18 bits per heavy atom. The highest BCUT2D eigenvalue weighted by Gasteiger charge is 2.48. The van der Waals surface area contributed by atoms with Crippen LogP contribution >= 0.6 is 11.3 Å². The van der Waals surface area contributed by atoms with E-state index in [1.165, 1.54) is 75.4 Å². The summed E-state index contributed by atoms with van der Waals surface area (Å²) in [4.78, 5) is 5.62. The van der Waals surface area contributed by atoms with Gasteiger partial charge < -0.3 is 9.88 Å². The monoisotopic (exact) mass is 748 g/mol. The average molecular weight is 749 g/mol. The molecule has 0 amide bonds. The Bertz CT molecular complexity index is 3160. The van der Waals surface area contributed by atoms with E-state index in [1.54, 1.807) is 0 Å². The molecule has 2 N–H and O–H groups in total. The van der Waals surface area contributed by atoms with Gasteiger partial charge in [-0.3, -0.25) is 5.32 Å². The molecule has 2 atom stereocenters. The third-order valence-corrected chi connectivity index (χ3v) is 13.4. The van der Waals surface area contributed by atoms with Crippen molar-refractivity contribution in [3.63, 3.8) is 0 Å². The van der Waals surface area contributed by atoms with E-state index in [2.05, 4.69) is 209 Å². The van der Waals surface area contributed by atoms with Crippen molar-refractivity contribution in [2.45, 2.75) is 17.9 Å². The fraction of sp³-hybridized carbons (Fsp3) is 0.0577. The zero-order chi connectivity index (χ0) is 37.5. The van der Waals surface area contributed by atoms with E-state index in [4.69, 9.17) is 4.99 Å². The lowest BCUT2D eigenvalue weighted by atomic mass is 9.67. The van der Waals surface area contributed by atoms with Crippen LogP contribution in [0.1, 0.15) is 45.8 Å². The van der Waals surface area contributed by atoms with E-state index in [0.29, 0.717) is 0 Å². The smallest absolute Gasteiger partial charge is 0.184 e. The molecule has 2 aliphatic rings. The molecule has 1 aliphatic carbocycles. The molecule has 2 aromatic heterocycles. The summed E-state index contributed by atoms with van der Waals surface area (Å²) in [5.74, 6) is 0.863. The molecule has 0 radical (unpaired) electrons. The first-order chi connectivity index (χ1) is 28.3. The van der Waals surface area contributed by atoms with E-state index < -0.39 is 11.7 Å². The molecule has 0 spiro atoms. The van der Waals surface area contributed by atoms with Gasteiger partial charge in [-0.1, -0.05) is 182 Å². The fourth-order valence-corrected chi connectivity index (χ4v) is 11.1. The summed E-state index contributed by atoms with van der Waals surface area (Å²) in [6.07, 6.45) is -0.671. The van der Waals surface area contributed by atoms with Crippen molar-refractivity contribution in [1.29, 1.82) is 0 Å². The van der Waals surface area contributed by atoms with E-state index in [1.807, 2.05) is 11.3 Å². The molecule has 0 fully saturated rings. The van der Waals surface area contributed by atoms with Gasteiger partial charge >= 0.3 is 0 Å². The minimum Gasteiger partial charge on any atom is -0.350 e. The molecule has 5 heteroatoms. The van der Waals surface area contributed by atoms with Crippen molar-refractivity contribution in [2.24, 2.45) is 4.99 Å². The number of hydrogen-bond donors (Lipinski definition) is 2. The summed E-state index contributed by atoms with van der Waals surface area (Å²) in [6.45, 7) is 0. The lowest BCUT2D eigenvalue weighted by molar-refractivity contribution is 0.342. The summed E-state index contributed by atoms with van der Waals surface area (Å²) < 4.78 is 5.07. The summed E-state index contributed by atoms with van der Waals surface area (Å²) in [6, 6.07) is 70.8. The Hall–Kier alpha value is -6.79. The second-order valence-electron chi connectivity index (χ2n) is 15.1. The summed E-state index contributed by atoms with van der Waals surface area (Å²) in [7, 11) is 0. The van der Waals surface area contributed by atoms with Crippen molar-refractivity contribution in [3.8, 4) is 11.1 Å². The molecule has 0 saturated carbocycles. The molecule has 0 saturated heterocycles. The molecule has 2 unspecified atom stereocenters. The maximum atomic E-state index is 5.62. The van der Waals surface area contributed by atoms with Crippen LogP contribution < -0.4 is 10.6 Å². The minimum absolute atomic E-state index is 0.224. The number of thiophene rings is 1. The van der Waals surface area contributed by atoms with E-state index in [9.17, 15) is 0 Å². The van der Waals surface area contributed by atoms with Crippen LogP contribution in [-0.2, 0) is 5.41 Å². The molecule has 1 aliphatic heterocycles. The van der Waals surface area contributed by atoms with Gasteiger partial charge in [0.1, 0.15) is 12.0 Å². The number of nitrogens with zero attached hydrogens (tertiary/aromatic N) is 2. The lowest BCUT2D eigenvalue weighted by Gasteiger charge is -2.36. The van der Waals surface area contributed by atoms with Gasteiger partial charge in [-0.25, -0.2) is 4.99 Å². The Morgan fingerprint density at radius 3 is 1.96 bits per heavy atom. The largest absolute Gasteiger partial charge is 0.350 e. The van der Waals surface area contributed by atoms with Crippen LogP contribution in [0.5, 0.6) is 0 Å². The predicted octanol–water partition coefficient (Wildman–Crippen LogP) is 12.3. The number of aliphatic imine (C=N–C) groups is 1. The van der Waals surface area contributed by atoms with Gasteiger partial charge in [0.05, 0.1) is 16.4 Å². The van der Waals surface area contributed by atoms with Gasteiger partial charge in [0.15, 0.2) is 6.29 Å². The predicted molar refractivity (Wildman–Crippen MR) is 237 cm³/mol. The van der Waals surface area contributed by atoms with Gasteiger partial charge in [-0.05, 0) is 39.9 Å². The lowest BCUT2D eigenvalue weighted by Crippen LogP contribution is -2.46. The van der Waals surface area contributed by atoms with Crippen LogP contribution in [0.4, 0.5) is 0 Å². The molecular weight excluding hydrogens is 713 g/mol. The second-order valence-corrected chi connectivity index (χ2v) is 16.1. The Morgan fingerprint density at radius 1 is 0.526 bits per heavy atom. The topological polar surface area (TPSA) is 41.4 Å². The van der Waals surface area contributed by atoms with Gasteiger partial charge in [-0.2, -0.15) is 0 Å². The van der Waals surface area contributed by atoms with Crippen molar-refractivity contribution in [3.05, 3.63) is 228 Å². The van der Waals surface area contributed by atoms with Crippen LogP contribution in [0.2, 0.25) is 0 Å². The van der Waals surface area contributed by atoms with E-state index in [0.717, 1.165) is 16.9 Å². The first-order valence-electron chi connectivity index (χ1n) is 19.6. The van der Waals surface area contributed by atoms with Gasteiger partial charge in [0, 0.05) is 47.6 Å². The standard InChI is InChI=1S/C52H36N4S/c1-4-17-33(18-5-1)49-53-50(42-27-16-26-41-38-25-12-15-30-45(38)57-48(41)42)55-51(54-49)56-44-29-14-11-24-37(44)40-32-31-39-36-23-10-13-28-43(36)52(46(39)47(40)56,34-19-6-2-7-20-34)35-21-8-3-9-22-35/h1-32,50-51,55H,(H,53,54). The van der Waals surface area contributed by atoms with E-state index >= 15 is 0 Å². The van der Waals surface area contributed by atoms with Crippen molar-refractivity contribution < 1.29 is 0 Å². The molecule has 12 rings (SSSR count). The number of benzene rings is 8. The Labute approximate surface area is 334 Å². The van der Waals surface area contributed by atoms with Gasteiger partial charge in [-0.15, -0.1) is 11.3 Å². The third kappa shape index (κ3) is 4.67. The first kappa shape index (κ1) is 32.5. The number of aromatic nitrogens is 1. The number of nitrogens with one attached hydrogen (secondary N) is 2. The quantitative estimate of drug-likeness (QED) is 0.184. The van der Waals surface area contributed by atoms with E-state index in [-0.39, 0.29) is 6.17 Å². The zero-order valence-corrected chi connectivity index (χ0v) is 31.7. The normalized spacial score (nSPS) is 17.1. The first-order valence-corrected chi connectivity index (χ1v) is 20.4. The summed E-state index contributed by atoms with van der Waals surface area (Å²) >= 11 is 1.86. The molecule has 3 heterocycles. The molecule has 0 bridgehead atoms. The number of amidine groups is 1. The number of rotatable bonds is 5. The van der Waals surface area contributed by atoms with Crippen molar-refractivity contribution >= 4 is 59.2 Å². The van der Waals surface area contributed by atoms with Gasteiger partial charge in [0.2, 0.25) is 0 Å². The van der Waals surface area contributed by atoms with Crippen LogP contribution in [0.3, 0.4) is 0 Å². The number of fused-ring (bicyclic) bond motifs is 10. The van der Waals surface area contributed by atoms with Crippen LogP contribution in [0.25, 0.3) is 53.1 Å². The Kier molecular flexibility index (Phi) is 7.18. The molecule has 10 aromatic rings. The zero-order valence-electron chi connectivity index (χ0n) is 30.9. The summed E-state index contributed by atoms with van der Waals surface area (Å²) in [5, 5.41) is 13.0. The Balaban J connectivity index is 1.18. The highest BCUT2D eigenvalue weighted by atomic mass is 32.1. The number of para-hydroxylation sites is 1. The molecular formula is C52H36N4S. The third-order valence-electron chi connectivity index (χ3n) is 12.2. The average Bonchev–Trinajstić information content (AvgIpc) is 3.94. The number of hydrogen-bond acceptors (Lipinski definition) is 4. The SMILES string of the molecule is c1ccc(C2=NC(n3c4ccccc4c4ccc5c(c43)C(c3ccccc3)(c3ccccc3)c3ccccc3-5)NC(c3cccc4c3sc3ccccc34)N2)cc1. The molecule has 270 valence electrons.